The molecule has 0 aliphatic carbocycles. The van der Waals surface area contributed by atoms with Crippen LogP contribution >= 0.6 is 0 Å². The molecular weight excluding hydrogens is 295 g/mol. The van der Waals surface area contributed by atoms with Crippen molar-refractivity contribution in [2.45, 2.75) is 38.1 Å². The first kappa shape index (κ1) is 17.9. The zero-order valence-electron chi connectivity index (χ0n) is 14.1. The third-order valence-electron chi connectivity index (χ3n) is 4.41. The monoisotopic (exact) mass is 322 g/mol. The van der Waals surface area contributed by atoms with Gasteiger partial charge in [-0.3, -0.25) is 9.69 Å². The Kier molecular flexibility index (Phi) is 6.99. The smallest absolute Gasteiger partial charge is 0.220 e. The number of amides is 1. The zero-order valence-corrected chi connectivity index (χ0v) is 14.1. The molecule has 1 aromatic rings. The van der Waals surface area contributed by atoms with Crippen LogP contribution < -0.4 is 5.32 Å². The predicted octanol–water partition coefficient (Wildman–Crippen LogP) is 2.55. The van der Waals surface area contributed by atoms with Gasteiger partial charge in [-0.1, -0.05) is 19.1 Å². The van der Waals surface area contributed by atoms with Crippen LogP contribution in [0.4, 0.5) is 4.39 Å². The van der Waals surface area contributed by atoms with E-state index in [2.05, 4.69) is 10.2 Å². The number of methoxy groups -OCH3 is 1. The molecule has 1 N–H and O–H groups in total. The Balaban J connectivity index is 1.78. The van der Waals surface area contributed by atoms with Crippen LogP contribution in [0.1, 0.15) is 37.7 Å². The van der Waals surface area contributed by atoms with Gasteiger partial charge in [0.05, 0.1) is 6.61 Å². The second-order valence-electron chi connectivity index (χ2n) is 6.36. The van der Waals surface area contributed by atoms with Crippen molar-refractivity contribution < 1.29 is 13.9 Å². The maximum Gasteiger partial charge on any atom is 0.220 e. The lowest BCUT2D eigenvalue weighted by Gasteiger charge is -2.33. The van der Waals surface area contributed by atoms with E-state index in [9.17, 15) is 9.18 Å². The third-order valence-corrected chi connectivity index (χ3v) is 4.41. The normalized spacial score (nSPS) is 20.2. The molecule has 128 valence electrons. The number of nitrogens with one attached hydrogen (secondary N) is 1. The van der Waals surface area contributed by atoms with E-state index < -0.39 is 0 Å². The van der Waals surface area contributed by atoms with Crippen LogP contribution in [-0.2, 0) is 9.53 Å². The van der Waals surface area contributed by atoms with Gasteiger partial charge < -0.3 is 10.1 Å². The van der Waals surface area contributed by atoms with Gasteiger partial charge in [-0.15, -0.1) is 0 Å². The first-order valence-electron chi connectivity index (χ1n) is 8.34. The van der Waals surface area contributed by atoms with E-state index in [0.717, 1.165) is 44.6 Å². The summed E-state index contributed by atoms with van der Waals surface area (Å²) >= 11 is 0. The number of halogens is 1. The van der Waals surface area contributed by atoms with Crippen molar-refractivity contribution in [2.24, 2.45) is 0 Å². The second-order valence-corrected chi connectivity index (χ2v) is 6.36. The van der Waals surface area contributed by atoms with Crippen molar-refractivity contribution in [1.29, 1.82) is 0 Å². The number of piperidine rings is 1. The number of nitrogens with zero attached hydrogens (tertiary/aromatic N) is 1. The summed E-state index contributed by atoms with van der Waals surface area (Å²) < 4.78 is 18.1. The third kappa shape index (κ3) is 5.92. The molecule has 0 saturated carbocycles. The molecule has 0 radical (unpaired) electrons. The average molecular weight is 322 g/mol. The highest BCUT2D eigenvalue weighted by atomic mass is 19.1. The molecule has 1 aliphatic heterocycles. The van der Waals surface area contributed by atoms with E-state index in [1.165, 1.54) is 12.1 Å². The highest BCUT2D eigenvalue weighted by molar-refractivity contribution is 5.77. The van der Waals surface area contributed by atoms with Crippen molar-refractivity contribution in [3.05, 3.63) is 35.6 Å². The molecular formula is C18H27FN2O2. The Bertz CT molecular complexity index is 492. The largest absolute Gasteiger partial charge is 0.383 e. The Morgan fingerprint density at radius 1 is 1.43 bits per heavy atom. The van der Waals surface area contributed by atoms with Crippen molar-refractivity contribution in [2.75, 3.05) is 33.4 Å². The minimum absolute atomic E-state index is 0.0698. The molecule has 1 saturated heterocycles. The van der Waals surface area contributed by atoms with Crippen molar-refractivity contribution >= 4 is 5.91 Å². The van der Waals surface area contributed by atoms with Gasteiger partial charge >= 0.3 is 0 Å². The number of carbonyl (C=O) groups is 1. The molecule has 1 aromatic carbocycles. The number of hydrogen-bond acceptors (Lipinski definition) is 3. The molecule has 2 atom stereocenters. The Hall–Kier alpha value is -1.46. The van der Waals surface area contributed by atoms with Gasteiger partial charge in [-0.05, 0) is 43.0 Å². The fourth-order valence-corrected chi connectivity index (χ4v) is 3.07. The number of benzene rings is 1. The van der Waals surface area contributed by atoms with Crippen molar-refractivity contribution in [1.82, 2.24) is 10.2 Å². The Morgan fingerprint density at radius 3 is 2.87 bits per heavy atom. The van der Waals surface area contributed by atoms with Crippen LogP contribution in [0.3, 0.4) is 0 Å². The molecule has 2 rings (SSSR count). The standard InChI is InChI=1S/C18H27FN2O2/c1-14(15-5-7-16(19)8-6-15)12-18(22)20-17-4-3-9-21(13-17)10-11-23-2/h5-8,14,17H,3-4,9-13H2,1-2H3,(H,20,22). The van der Waals surface area contributed by atoms with Crippen molar-refractivity contribution in [3.8, 4) is 0 Å². The summed E-state index contributed by atoms with van der Waals surface area (Å²) in [6.07, 6.45) is 2.56. The average Bonchev–Trinajstić information content (AvgIpc) is 2.53. The van der Waals surface area contributed by atoms with Gasteiger partial charge in [0.15, 0.2) is 0 Å². The number of ether oxygens (including phenoxy) is 1. The molecule has 1 amide bonds. The minimum atomic E-state index is -0.247. The molecule has 4 nitrogen and oxygen atoms in total. The summed E-state index contributed by atoms with van der Waals surface area (Å²) in [5, 5.41) is 3.14. The topological polar surface area (TPSA) is 41.6 Å². The summed E-state index contributed by atoms with van der Waals surface area (Å²) in [5.41, 5.74) is 0.993. The fraction of sp³-hybridized carbons (Fsp3) is 0.611. The first-order valence-corrected chi connectivity index (χ1v) is 8.34. The van der Waals surface area contributed by atoms with Gasteiger partial charge in [0.1, 0.15) is 5.82 Å². The SMILES string of the molecule is COCCN1CCCC(NC(=O)CC(C)c2ccc(F)cc2)C1. The maximum atomic E-state index is 13.0. The van der Waals surface area contributed by atoms with Gasteiger partial charge in [-0.25, -0.2) is 4.39 Å². The van der Waals surface area contributed by atoms with Crippen LogP contribution in [0, 0.1) is 5.82 Å². The van der Waals surface area contributed by atoms with Crippen LogP contribution in [-0.4, -0.2) is 50.2 Å². The zero-order chi connectivity index (χ0) is 16.7. The second kappa shape index (κ2) is 8.99. The van der Waals surface area contributed by atoms with Gasteiger partial charge in [-0.2, -0.15) is 0 Å². The molecule has 0 spiro atoms. The van der Waals surface area contributed by atoms with Crippen LogP contribution in [0.25, 0.3) is 0 Å². The summed E-state index contributed by atoms with van der Waals surface area (Å²) in [5.74, 6) is -0.0899. The molecule has 0 aromatic heterocycles. The van der Waals surface area contributed by atoms with E-state index in [1.54, 1.807) is 19.2 Å². The summed E-state index contributed by atoms with van der Waals surface area (Å²) in [7, 11) is 1.71. The van der Waals surface area contributed by atoms with Crippen LogP contribution in [0.2, 0.25) is 0 Å². The van der Waals surface area contributed by atoms with Crippen LogP contribution in [0.5, 0.6) is 0 Å². The highest BCUT2D eigenvalue weighted by Crippen LogP contribution is 2.19. The fourth-order valence-electron chi connectivity index (χ4n) is 3.07. The van der Waals surface area contributed by atoms with E-state index in [-0.39, 0.29) is 23.7 Å². The quantitative estimate of drug-likeness (QED) is 0.839. The van der Waals surface area contributed by atoms with Crippen LogP contribution in [0.15, 0.2) is 24.3 Å². The molecule has 1 heterocycles. The first-order chi connectivity index (χ1) is 11.1. The van der Waals surface area contributed by atoms with E-state index in [1.807, 2.05) is 6.92 Å². The van der Waals surface area contributed by atoms with E-state index >= 15 is 0 Å². The lowest BCUT2D eigenvalue weighted by molar-refractivity contribution is -0.122. The lowest BCUT2D eigenvalue weighted by Crippen LogP contribution is -2.48. The number of likely N-dealkylation sites (tertiary alicyclic amines) is 1. The van der Waals surface area contributed by atoms with E-state index in [0.29, 0.717) is 6.42 Å². The molecule has 1 aliphatic rings. The Morgan fingerprint density at radius 2 is 2.17 bits per heavy atom. The van der Waals surface area contributed by atoms with Gasteiger partial charge in [0.25, 0.3) is 0 Å². The summed E-state index contributed by atoms with van der Waals surface area (Å²) in [4.78, 5) is 14.6. The summed E-state index contributed by atoms with van der Waals surface area (Å²) in [6, 6.07) is 6.60. The van der Waals surface area contributed by atoms with Gasteiger partial charge in [0, 0.05) is 32.7 Å². The van der Waals surface area contributed by atoms with Gasteiger partial charge in [0.2, 0.25) is 5.91 Å². The molecule has 23 heavy (non-hydrogen) atoms. The molecule has 5 heteroatoms. The predicted molar refractivity (Wildman–Crippen MR) is 88.9 cm³/mol. The highest BCUT2D eigenvalue weighted by Gasteiger charge is 2.22. The summed E-state index contributed by atoms with van der Waals surface area (Å²) in [6.45, 7) is 5.59. The number of hydrogen-bond donors (Lipinski definition) is 1. The van der Waals surface area contributed by atoms with E-state index in [4.69, 9.17) is 4.74 Å². The molecule has 2 unspecified atom stereocenters. The number of carbonyl (C=O) groups excluding carboxylic acids is 1. The number of rotatable bonds is 7. The Labute approximate surface area is 138 Å². The molecule has 0 bridgehead atoms. The lowest BCUT2D eigenvalue weighted by atomic mass is 9.97. The maximum absolute atomic E-state index is 13.0. The molecule has 1 fully saturated rings. The van der Waals surface area contributed by atoms with Crippen molar-refractivity contribution in [3.63, 3.8) is 0 Å². The minimum Gasteiger partial charge on any atom is -0.383 e.